The molecule has 1 heterocycles. The number of nitrogen functional groups attached to an aromatic ring is 1. The van der Waals surface area contributed by atoms with Gasteiger partial charge in [0.15, 0.2) is 0 Å². The van der Waals surface area contributed by atoms with Gasteiger partial charge >= 0.3 is 5.13 Å². The number of nitriles is 1. The lowest BCUT2D eigenvalue weighted by atomic mass is 9.88. The molecule has 0 aliphatic rings. The van der Waals surface area contributed by atoms with Crippen LogP contribution in [0.15, 0.2) is 53.9 Å². The SMILES string of the molecule is COc1ccc(C(Cc2ccccc2C#N)c2csc(N)[nH+]2)cc1. The number of methoxy groups -OCH3 is 1. The van der Waals surface area contributed by atoms with Crippen LogP contribution in [0, 0.1) is 11.3 Å². The molecule has 120 valence electrons. The summed E-state index contributed by atoms with van der Waals surface area (Å²) < 4.78 is 5.24. The molecule has 1 aromatic heterocycles. The third-order valence-electron chi connectivity index (χ3n) is 4.04. The average Bonchev–Trinajstić information content (AvgIpc) is 3.06. The van der Waals surface area contributed by atoms with E-state index in [9.17, 15) is 5.26 Å². The smallest absolute Gasteiger partial charge is 0.329 e. The summed E-state index contributed by atoms with van der Waals surface area (Å²) in [5.41, 5.74) is 9.82. The van der Waals surface area contributed by atoms with Crippen molar-refractivity contribution in [3.63, 3.8) is 0 Å². The number of anilines is 1. The van der Waals surface area contributed by atoms with Crippen LogP contribution in [0.3, 0.4) is 0 Å². The molecule has 0 amide bonds. The van der Waals surface area contributed by atoms with E-state index in [-0.39, 0.29) is 5.92 Å². The van der Waals surface area contributed by atoms with E-state index in [4.69, 9.17) is 10.5 Å². The fourth-order valence-corrected chi connectivity index (χ4v) is 3.42. The van der Waals surface area contributed by atoms with Gasteiger partial charge in [-0.1, -0.05) is 41.7 Å². The maximum absolute atomic E-state index is 9.35. The Balaban J connectivity index is 2.00. The van der Waals surface area contributed by atoms with Crippen LogP contribution in [0.25, 0.3) is 0 Å². The van der Waals surface area contributed by atoms with Crippen molar-refractivity contribution < 1.29 is 9.72 Å². The number of nitrogens with one attached hydrogen (secondary N) is 1. The Labute approximate surface area is 145 Å². The lowest BCUT2D eigenvalue weighted by Crippen LogP contribution is -2.17. The highest BCUT2D eigenvalue weighted by molar-refractivity contribution is 7.13. The lowest BCUT2D eigenvalue weighted by Gasteiger charge is -2.15. The summed E-state index contributed by atoms with van der Waals surface area (Å²) in [6, 6.07) is 18.0. The van der Waals surface area contributed by atoms with E-state index >= 15 is 0 Å². The van der Waals surface area contributed by atoms with Gasteiger partial charge in [-0.3, -0.25) is 5.73 Å². The molecule has 1 atom stereocenters. The second kappa shape index (κ2) is 7.16. The number of rotatable bonds is 5. The van der Waals surface area contributed by atoms with Gasteiger partial charge in [-0.25, -0.2) is 4.98 Å². The number of aromatic nitrogens is 1. The van der Waals surface area contributed by atoms with Gasteiger partial charge in [-0.15, -0.1) is 0 Å². The highest BCUT2D eigenvalue weighted by atomic mass is 32.1. The molecule has 4 nitrogen and oxygen atoms in total. The summed E-state index contributed by atoms with van der Waals surface area (Å²) in [6.45, 7) is 0. The van der Waals surface area contributed by atoms with Crippen LogP contribution < -0.4 is 15.5 Å². The van der Waals surface area contributed by atoms with Gasteiger partial charge in [0, 0.05) is 5.38 Å². The Morgan fingerprint density at radius 3 is 2.58 bits per heavy atom. The van der Waals surface area contributed by atoms with Crippen molar-refractivity contribution in [1.82, 2.24) is 0 Å². The molecule has 0 aliphatic carbocycles. The highest BCUT2D eigenvalue weighted by Crippen LogP contribution is 2.30. The summed E-state index contributed by atoms with van der Waals surface area (Å²) in [5.74, 6) is 0.919. The van der Waals surface area contributed by atoms with E-state index in [2.05, 4.69) is 23.2 Å². The fourth-order valence-electron chi connectivity index (χ4n) is 2.77. The van der Waals surface area contributed by atoms with Crippen LogP contribution in [-0.4, -0.2) is 7.11 Å². The number of ether oxygens (including phenoxy) is 1. The third kappa shape index (κ3) is 3.39. The summed E-state index contributed by atoms with van der Waals surface area (Å²) in [7, 11) is 1.66. The Hall–Kier alpha value is -2.84. The van der Waals surface area contributed by atoms with Gasteiger partial charge in [-0.05, 0) is 35.7 Å². The van der Waals surface area contributed by atoms with Crippen molar-refractivity contribution in [2.45, 2.75) is 12.3 Å². The van der Waals surface area contributed by atoms with E-state index in [1.807, 2.05) is 41.8 Å². The molecule has 0 saturated carbocycles. The normalized spacial score (nSPS) is 11.7. The van der Waals surface area contributed by atoms with Crippen LogP contribution in [0.1, 0.15) is 28.3 Å². The molecule has 0 fully saturated rings. The first-order valence-corrected chi connectivity index (χ1v) is 8.47. The van der Waals surface area contributed by atoms with E-state index in [1.54, 1.807) is 7.11 Å². The highest BCUT2D eigenvalue weighted by Gasteiger charge is 2.21. The molecule has 3 rings (SSSR count). The molecule has 3 aromatic rings. The minimum absolute atomic E-state index is 0.0963. The summed E-state index contributed by atoms with van der Waals surface area (Å²) >= 11 is 1.49. The molecule has 0 saturated heterocycles. The van der Waals surface area contributed by atoms with Crippen molar-refractivity contribution in [3.8, 4) is 11.8 Å². The van der Waals surface area contributed by atoms with Crippen LogP contribution in [-0.2, 0) is 6.42 Å². The maximum atomic E-state index is 9.35. The zero-order chi connectivity index (χ0) is 16.9. The van der Waals surface area contributed by atoms with E-state index in [0.717, 1.165) is 29.0 Å². The molecule has 0 radical (unpaired) electrons. The van der Waals surface area contributed by atoms with Gasteiger partial charge in [-0.2, -0.15) is 5.26 Å². The second-order valence-corrected chi connectivity index (χ2v) is 6.39. The summed E-state index contributed by atoms with van der Waals surface area (Å²) in [4.78, 5) is 3.24. The molecular weight excluding hydrogens is 318 g/mol. The zero-order valence-corrected chi connectivity index (χ0v) is 14.1. The van der Waals surface area contributed by atoms with Crippen molar-refractivity contribution in [3.05, 3.63) is 76.3 Å². The number of nitrogens with zero attached hydrogens (tertiary/aromatic N) is 1. The van der Waals surface area contributed by atoms with E-state index in [0.29, 0.717) is 10.7 Å². The summed E-state index contributed by atoms with van der Waals surface area (Å²) in [5, 5.41) is 12.1. The number of hydrogen-bond donors (Lipinski definition) is 1. The largest absolute Gasteiger partial charge is 0.497 e. The summed E-state index contributed by atoms with van der Waals surface area (Å²) in [6.07, 6.45) is 0.725. The number of benzene rings is 2. The second-order valence-electron chi connectivity index (χ2n) is 5.48. The Morgan fingerprint density at radius 2 is 1.96 bits per heavy atom. The Morgan fingerprint density at radius 1 is 1.21 bits per heavy atom. The van der Waals surface area contributed by atoms with E-state index < -0.39 is 0 Å². The molecule has 5 heteroatoms. The van der Waals surface area contributed by atoms with Crippen LogP contribution in [0.2, 0.25) is 0 Å². The standard InChI is InChI=1S/C19H17N3OS/c1-23-16-8-6-13(7-9-16)17(18-12-24-19(21)22-18)10-14-4-2-3-5-15(14)11-20/h2-9,12,17H,10H2,1H3,(H2,21,22)/p+1. The van der Waals surface area contributed by atoms with Gasteiger partial charge < -0.3 is 4.74 Å². The first kappa shape index (κ1) is 16.0. The minimum Gasteiger partial charge on any atom is -0.497 e. The monoisotopic (exact) mass is 336 g/mol. The first-order valence-electron chi connectivity index (χ1n) is 7.59. The fraction of sp³-hybridized carbons (Fsp3) is 0.158. The van der Waals surface area contributed by atoms with Crippen LogP contribution in [0.5, 0.6) is 5.75 Å². The molecular formula is C19H18N3OS+. The predicted octanol–water partition coefficient (Wildman–Crippen LogP) is 3.40. The molecule has 1 unspecified atom stereocenters. The van der Waals surface area contributed by atoms with Gasteiger partial charge in [0.25, 0.3) is 0 Å². The van der Waals surface area contributed by atoms with Gasteiger partial charge in [0.1, 0.15) is 11.4 Å². The number of aromatic amines is 1. The molecule has 0 spiro atoms. The quantitative estimate of drug-likeness (QED) is 0.776. The number of nitrogens with two attached hydrogens (primary N) is 1. The average molecular weight is 336 g/mol. The van der Waals surface area contributed by atoms with Crippen molar-refractivity contribution >= 4 is 16.5 Å². The van der Waals surface area contributed by atoms with Crippen LogP contribution >= 0.6 is 11.3 Å². The molecule has 2 aromatic carbocycles. The molecule has 0 bridgehead atoms. The number of thiazole rings is 1. The number of H-pyrrole nitrogens is 1. The molecule has 0 aliphatic heterocycles. The maximum Gasteiger partial charge on any atom is 0.329 e. The Bertz CT molecular complexity index is 865. The van der Waals surface area contributed by atoms with Gasteiger partial charge in [0.05, 0.1) is 24.7 Å². The van der Waals surface area contributed by atoms with Crippen molar-refractivity contribution in [2.24, 2.45) is 0 Å². The van der Waals surface area contributed by atoms with Crippen molar-refractivity contribution in [2.75, 3.05) is 12.8 Å². The lowest BCUT2D eigenvalue weighted by molar-refractivity contribution is -0.368. The third-order valence-corrected chi connectivity index (χ3v) is 4.76. The van der Waals surface area contributed by atoms with Gasteiger partial charge in [0.2, 0.25) is 0 Å². The minimum atomic E-state index is 0.0963. The number of hydrogen-bond acceptors (Lipinski definition) is 4. The van der Waals surface area contributed by atoms with Crippen LogP contribution in [0.4, 0.5) is 5.13 Å². The first-order chi connectivity index (χ1) is 11.7. The predicted molar refractivity (Wildman–Crippen MR) is 95.0 cm³/mol. The topological polar surface area (TPSA) is 73.2 Å². The molecule has 3 N–H and O–H groups in total. The zero-order valence-electron chi connectivity index (χ0n) is 13.3. The van der Waals surface area contributed by atoms with E-state index in [1.165, 1.54) is 11.3 Å². The van der Waals surface area contributed by atoms with Crippen molar-refractivity contribution in [1.29, 1.82) is 5.26 Å². The Kier molecular flexibility index (Phi) is 4.78. The molecule has 24 heavy (non-hydrogen) atoms.